The van der Waals surface area contributed by atoms with Crippen LogP contribution in [0.1, 0.15) is 28.7 Å². The number of hydrogen-bond donors (Lipinski definition) is 1. The van der Waals surface area contributed by atoms with Crippen LogP contribution >= 0.6 is 11.6 Å². The van der Waals surface area contributed by atoms with Gasteiger partial charge in [-0.25, -0.2) is 0 Å². The molecule has 2 unspecified atom stereocenters. The lowest BCUT2D eigenvalue weighted by atomic mass is 9.73. The van der Waals surface area contributed by atoms with Gasteiger partial charge in [-0.1, -0.05) is 48.0 Å². The van der Waals surface area contributed by atoms with Crippen molar-refractivity contribution < 1.29 is 5.11 Å². The van der Waals surface area contributed by atoms with E-state index in [0.717, 1.165) is 12.0 Å². The standard InChI is InChI=1S/C15H13ClO/c16-12-7-5-10(6-8-12)15(17)14-9-11-3-1-2-4-13(11)14/h1-8,14-15,17H,9H2. The molecule has 2 aromatic carbocycles. The molecule has 86 valence electrons. The lowest BCUT2D eigenvalue weighted by Crippen LogP contribution is -2.23. The van der Waals surface area contributed by atoms with E-state index in [-0.39, 0.29) is 5.92 Å². The molecule has 1 nitrogen and oxygen atoms in total. The first-order chi connectivity index (χ1) is 8.25. The largest absolute Gasteiger partial charge is 0.388 e. The predicted octanol–water partition coefficient (Wildman–Crippen LogP) is 3.71. The lowest BCUT2D eigenvalue weighted by Gasteiger charge is -2.34. The molecule has 17 heavy (non-hydrogen) atoms. The normalized spacial score (nSPS) is 19.3. The highest BCUT2D eigenvalue weighted by atomic mass is 35.5. The monoisotopic (exact) mass is 244 g/mol. The van der Waals surface area contributed by atoms with E-state index in [2.05, 4.69) is 12.1 Å². The fourth-order valence-corrected chi connectivity index (χ4v) is 2.60. The van der Waals surface area contributed by atoms with Crippen molar-refractivity contribution >= 4 is 11.6 Å². The zero-order valence-corrected chi connectivity index (χ0v) is 10.1. The molecule has 0 amide bonds. The van der Waals surface area contributed by atoms with E-state index >= 15 is 0 Å². The maximum Gasteiger partial charge on any atom is 0.0861 e. The molecular weight excluding hydrogens is 232 g/mol. The van der Waals surface area contributed by atoms with E-state index in [1.165, 1.54) is 11.1 Å². The van der Waals surface area contributed by atoms with Gasteiger partial charge >= 0.3 is 0 Å². The molecule has 0 saturated heterocycles. The first kappa shape index (κ1) is 10.8. The van der Waals surface area contributed by atoms with Crippen LogP contribution < -0.4 is 0 Å². The van der Waals surface area contributed by atoms with Gasteiger partial charge < -0.3 is 5.11 Å². The Labute approximate surface area is 106 Å². The molecule has 2 aromatic rings. The SMILES string of the molecule is OC(c1ccc(Cl)cc1)C1Cc2ccccc21. The molecule has 0 bridgehead atoms. The molecule has 0 heterocycles. The van der Waals surface area contributed by atoms with E-state index in [1.54, 1.807) is 0 Å². The van der Waals surface area contributed by atoms with Gasteiger partial charge in [0.1, 0.15) is 0 Å². The van der Waals surface area contributed by atoms with Crippen molar-refractivity contribution in [2.75, 3.05) is 0 Å². The fraction of sp³-hybridized carbons (Fsp3) is 0.200. The Kier molecular flexibility index (Phi) is 2.65. The Morgan fingerprint density at radius 1 is 1.06 bits per heavy atom. The Balaban J connectivity index is 1.86. The summed E-state index contributed by atoms with van der Waals surface area (Å²) in [6, 6.07) is 15.7. The Morgan fingerprint density at radius 3 is 2.47 bits per heavy atom. The van der Waals surface area contributed by atoms with Gasteiger partial charge in [0.05, 0.1) is 6.10 Å². The minimum absolute atomic E-state index is 0.229. The molecule has 0 radical (unpaired) electrons. The highest BCUT2D eigenvalue weighted by Crippen LogP contribution is 2.43. The van der Waals surface area contributed by atoms with Gasteiger partial charge in [-0.2, -0.15) is 0 Å². The van der Waals surface area contributed by atoms with Crippen LogP contribution in [0.5, 0.6) is 0 Å². The van der Waals surface area contributed by atoms with Gasteiger partial charge in [0.15, 0.2) is 0 Å². The summed E-state index contributed by atoms with van der Waals surface area (Å²) >= 11 is 5.84. The molecule has 0 aliphatic heterocycles. The zero-order chi connectivity index (χ0) is 11.8. The Morgan fingerprint density at radius 2 is 1.76 bits per heavy atom. The third-order valence-corrected chi connectivity index (χ3v) is 3.74. The predicted molar refractivity (Wildman–Crippen MR) is 69.3 cm³/mol. The number of halogens is 1. The van der Waals surface area contributed by atoms with Gasteiger partial charge in [0.2, 0.25) is 0 Å². The maximum absolute atomic E-state index is 10.3. The third kappa shape index (κ3) is 1.86. The summed E-state index contributed by atoms with van der Waals surface area (Å²) in [5.41, 5.74) is 3.56. The smallest absolute Gasteiger partial charge is 0.0861 e. The van der Waals surface area contributed by atoms with Crippen molar-refractivity contribution in [1.29, 1.82) is 0 Å². The molecule has 1 N–H and O–H groups in total. The summed E-state index contributed by atoms with van der Waals surface area (Å²) < 4.78 is 0. The van der Waals surface area contributed by atoms with Gasteiger partial charge in [-0.3, -0.25) is 0 Å². The van der Waals surface area contributed by atoms with Crippen LogP contribution in [0.4, 0.5) is 0 Å². The summed E-state index contributed by atoms with van der Waals surface area (Å²) in [6.45, 7) is 0. The van der Waals surface area contributed by atoms with E-state index in [9.17, 15) is 5.11 Å². The van der Waals surface area contributed by atoms with E-state index in [1.807, 2.05) is 36.4 Å². The third-order valence-electron chi connectivity index (χ3n) is 3.49. The Bertz CT molecular complexity index is 533. The summed E-state index contributed by atoms with van der Waals surface area (Å²) in [7, 11) is 0. The van der Waals surface area contributed by atoms with E-state index in [0.29, 0.717) is 5.02 Å². The molecule has 1 aliphatic rings. The van der Waals surface area contributed by atoms with Crippen LogP contribution in [-0.2, 0) is 6.42 Å². The fourth-order valence-electron chi connectivity index (χ4n) is 2.47. The number of aliphatic hydroxyl groups excluding tert-OH is 1. The maximum atomic E-state index is 10.3. The van der Waals surface area contributed by atoms with Gasteiger partial charge in [0.25, 0.3) is 0 Å². The second-order valence-corrected chi connectivity index (χ2v) is 4.94. The highest BCUT2D eigenvalue weighted by Gasteiger charge is 2.32. The highest BCUT2D eigenvalue weighted by molar-refractivity contribution is 6.30. The van der Waals surface area contributed by atoms with Crippen molar-refractivity contribution in [3.8, 4) is 0 Å². The molecule has 0 saturated carbocycles. The van der Waals surface area contributed by atoms with Gasteiger partial charge in [-0.05, 0) is 35.2 Å². The summed E-state index contributed by atoms with van der Waals surface area (Å²) in [5.74, 6) is 0.229. The minimum atomic E-state index is -0.429. The van der Waals surface area contributed by atoms with Crippen LogP contribution in [0, 0.1) is 0 Å². The molecule has 3 rings (SSSR count). The van der Waals surface area contributed by atoms with Crippen molar-refractivity contribution in [3.63, 3.8) is 0 Å². The van der Waals surface area contributed by atoms with Crippen molar-refractivity contribution in [2.24, 2.45) is 0 Å². The van der Waals surface area contributed by atoms with Gasteiger partial charge in [-0.15, -0.1) is 0 Å². The summed E-state index contributed by atoms with van der Waals surface area (Å²) in [4.78, 5) is 0. The van der Waals surface area contributed by atoms with Crippen LogP contribution in [0.25, 0.3) is 0 Å². The molecule has 2 atom stereocenters. The van der Waals surface area contributed by atoms with Crippen LogP contribution in [-0.4, -0.2) is 5.11 Å². The van der Waals surface area contributed by atoms with Crippen molar-refractivity contribution in [2.45, 2.75) is 18.4 Å². The van der Waals surface area contributed by atoms with Gasteiger partial charge in [0, 0.05) is 10.9 Å². The quantitative estimate of drug-likeness (QED) is 0.854. The van der Waals surface area contributed by atoms with E-state index < -0.39 is 6.10 Å². The molecule has 2 heteroatoms. The number of benzene rings is 2. The second kappa shape index (κ2) is 4.17. The molecule has 0 spiro atoms. The average molecular weight is 245 g/mol. The van der Waals surface area contributed by atoms with Crippen molar-refractivity contribution in [3.05, 3.63) is 70.2 Å². The lowest BCUT2D eigenvalue weighted by molar-refractivity contribution is 0.134. The molecule has 0 aromatic heterocycles. The minimum Gasteiger partial charge on any atom is -0.388 e. The topological polar surface area (TPSA) is 20.2 Å². The van der Waals surface area contributed by atoms with Crippen molar-refractivity contribution in [1.82, 2.24) is 0 Å². The number of fused-ring (bicyclic) bond motifs is 1. The van der Waals surface area contributed by atoms with Crippen LogP contribution in [0.2, 0.25) is 5.02 Å². The molecule has 0 fully saturated rings. The van der Waals surface area contributed by atoms with Crippen LogP contribution in [0.3, 0.4) is 0 Å². The molecular formula is C15H13ClO. The first-order valence-electron chi connectivity index (χ1n) is 5.77. The Hall–Kier alpha value is -1.31. The summed E-state index contributed by atoms with van der Waals surface area (Å²) in [6.07, 6.45) is 0.530. The van der Waals surface area contributed by atoms with Crippen LogP contribution in [0.15, 0.2) is 48.5 Å². The summed E-state index contributed by atoms with van der Waals surface area (Å²) in [5, 5.41) is 11.0. The second-order valence-electron chi connectivity index (χ2n) is 4.51. The first-order valence-corrected chi connectivity index (χ1v) is 6.15. The average Bonchev–Trinajstić information content (AvgIpc) is 2.31. The zero-order valence-electron chi connectivity index (χ0n) is 9.31. The van der Waals surface area contributed by atoms with E-state index in [4.69, 9.17) is 11.6 Å². The number of rotatable bonds is 2. The number of hydrogen-bond acceptors (Lipinski definition) is 1. The number of aliphatic hydroxyl groups is 1. The molecule has 1 aliphatic carbocycles.